The summed E-state index contributed by atoms with van der Waals surface area (Å²) in [5.41, 5.74) is 1.67. The van der Waals surface area contributed by atoms with E-state index in [1.54, 1.807) is 23.1 Å². The first-order valence-corrected chi connectivity index (χ1v) is 8.77. The first-order chi connectivity index (χ1) is 12.3. The first-order valence-electron chi connectivity index (χ1n) is 8.77. The number of imide groups is 1. The predicted octanol–water partition coefficient (Wildman–Crippen LogP) is 0.844. The summed E-state index contributed by atoms with van der Waals surface area (Å²) in [7, 11) is 1.62. The van der Waals surface area contributed by atoms with Gasteiger partial charge in [0.1, 0.15) is 11.4 Å². The zero-order chi connectivity index (χ0) is 19.2. The van der Waals surface area contributed by atoms with Crippen molar-refractivity contribution < 1.29 is 23.7 Å². The molecular formula is C17H24N5O4+. The molecule has 140 valence electrons. The molecular weight excluding hydrogens is 338 g/mol. The van der Waals surface area contributed by atoms with Gasteiger partial charge >= 0.3 is 17.9 Å². The number of aliphatic imine (C=N–C) groups is 1. The van der Waals surface area contributed by atoms with Crippen LogP contribution in [0.2, 0.25) is 0 Å². The second-order valence-electron chi connectivity index (χ2n) is 6.44. The van der Waals surface area contributed by atoms with Gasteiger partial charge in [0.25, 0.3) is 5.91 Å². The lowest BCUT2D eigenvalue weighted by Crippen LogP contribution is -2.57. The average molecular weight is 362 g/mol. The van der Waals surface area contributed by atoms with Gasteiger partial charge < -0.3 is 4.74 Å². The number of urea groups is 1. The lowest BCUT2D eigenvalue weighted by atomic mass is 10.1. The molecule has 0 aromatic carbocycles. The van der Waals surface area contributed by atoms with E-state index in [0.717, 1.165) is 11.4 Å². The van der Waals surface area contributed by atoms with Crippen LogP contribution in [-0.4, -0.2) is 58.3 Å². The average Bonchev–Trinajstić information content (AvgIpc) is 3.09. The van der Waals surface area contributed by atoms with Crippen LogP contribution in [0.1, 0.15) is 37.7 Å². The highest BCUT2D eigenvalue weighted by atomic mass is 16.5. The van der Waals surface area contributed by atoms with E-state index >= 15 is 0 Å². The number of ether oxygens (including phenoxy) is 1. The third-order valence-electron chi connectivity index (χ3n) is 4.87. The van der Waals surface area contributed by atoms with Crippen LogP contribution in [0.5, 0.6) is 0 Å². The number of rotatable bonds is 5. The summed E-state index contributed by atoms with van der Waals surface area (Å²) < 4.78 is 8.57. The molecule has 3 heterocycles. The maximum Gasteiger partial charge on any atom is 0.402 e. The summed E-state index contributed by atoms with van der Waals surface area (Å²) in [4.78, 5) is 44.7. The highest BCUT2D eigenvalue weighted by Crippen LogP contribution is 2.35. The Bertz CT molecular complexity index is 826. The Labute approximate surface area is 151 Å². The number of hydrogen-bond donors (Lipinski definition) is 0. The summed E-state index contributed by atoms with van der Waals surface area (Å²) in [6.45, 7) is 8.10. The van der Waals surface area contributed by atoms with Crippen molar-refractivity contribution in [2.45, 2.75) is 46.7 Å². The van der Waals surface area contributed by atoms with E-state index in [4.69, 9.17) is 4.74 Å². The number of hydrogen-bond acceptors (Lipinski definition) is 5. The van der Waals surface area contributed by atoms with Crippen molar-refractivity contribution in [1.82, 2.24) is 14.4 Å². The maximum absolute atomic E-state index is 13.0. The Kier molecular flexibility index (Phi) is 4.55. The fourth-order valence-corrected chi connectivity index (χ4v) is 3.46. The smallest absolute Gasteiger partial charge is 0.402 e. The molecule has 0 N–H and O–H groups in total. The summed E-state index contributed by atoms with van der Waals surface area (Å²) in [5.74, 6) is 0.226. The van der Waals surface area contributed by atoms with Crippen LogP contribution < -0.4 is 4.57 Å². The van der Waals surface area contributed by atoms with E-state index in [-0.39, 0.29) is 24.5 Å². The highest BCUT2D eigenvalue weighted by molar-refractivity contribution is 6.20. The van der Waals surface area contributed by atoms with E-state index < -0.39 is 6.04 Å². The number of carbonyl (C=O) groups excluding carboxylic acids is 3. The Morgan fingerprint density at radius 1 is 1.27 bits per heavy atom. The molecule has 26 heavy (non-hydrogen) atoms. The van der Waals surface area contributed by atoms with Gasteiger partial charge in [0.2, 0.25) is 11.9 Å². The van der Waals surface area contributed by atoms with E-state index in [9.17, 15) is 14.4 Å². The molecule has 1 unspecified atom stereocenters. The van der Waals surface area contributed by atoms with Gasteiger partial charge in [-0.1, -0.05) is 11.9 Å². The van der Waals surface area contributed by atoms with Crippen LogP contribution in [0.3, 0.4) is 0 Å². The molecule has 1 aromatic heterocycles. The number of fused-ring (bicyclic) bond motifs is 3. The topological polar surface area (TPSA) is 88.1 Å². The number of imidazole rings is 1. The lowest BCUT2D eigenvalue weighted by Gasteiger charge is -2.33. The van der Waals surface area contributed by atoms with Crippen molar-refractivity contribution in [3.8, 4) is 0 Å². The van der Waals surface area contributed by atoms with Crippen molar-refractivity contribution in [3.05, 3.63) is 11.4 Å². The molecule has 0 saturated carbocycles. The van der Waals surface area contributed by atoms with Gasteiger partial charge in [-0.05, 0) is 27.2 Å². The van der Waals surface area contributed by atoms with Crippen molar-refractivity contribution in [2.75, 3.05) is 20.2 Å². The van der Waals surface area contributed by atoms with Gasteiger partial charge in [-0.25, -0.2) is 18.7 Å². The second kappa shape index (κ2) is 6.54. The molecule has 3 amide bonds. The molecule has 1 atom stereocenters. The maximum atomic E-state index is 13.0. The molecule has 0 spiro atoms. The molecule has 2 aliphatic rings. The monoisotopic (exact) mass is 362 g/mol. The van der Waals surface area contributed by atoms with Gasteiger partial charge in [0, 0.05) is 13.6 Å². The predicted molar refractivity (Wildman–Crippen MR) is 92.0 cm³/mol. The third kappa shape index (κ3) is 2.49. The van der Waals surface area contributed by atoms with E-state index in [1.165, 1.54) is 9.80 Å². The summed E-state index contributed by atoms with van der Waals surface area (Å²) in [6, 6.07) is -1.05. The number of aromatic nitrogens is 2. The van der Waals surface area contributed by atoms with E-state index in [0.29, 0.717) is 31.4 Å². The van der Waals surface area contributed by atoms with Crippen LogP contribution in [0.25, 0.3) is 0 Å². The number of likely N-dealkylation sites (N-methyl/N-ethyl adjacent to an activating group) is 1. The molecule has 3 rings (SSSR count). The van der Waals surface area contributed by atoms with Crippen molar-refractivity contribution in [2.24, 2.45) is 4.99 Å². The fraction of sp³-hybridized carbons (Fsp3) is 0.588. The molecule has 0 aliphatic carbocycles. The number of carbonyl (C=O) groups is 3. The van der Waals surface area contributed by atoms with Crippen molar-refractivity contribution in [1.29, 1.82) is 0 Å². The molecule has 1 saturated heterocycles. The van der Waals surface area contributed by atoms with Crippen LogP contribution in [0.4, 0.5) is 10.7 Å². The Morgan fingerprint density at radius 2 is 1.96 bits per heavy atom. The number of amides is 3. The fourth-order valence-electron chi connectivity index (χ4n) is 3.46. The molecule has 9 nitrogen and oxygen atoms in total. The molecule has 2 aliphatic heterocycles. The largest absolute Gasteiger partial charge is 0.464 e. The van der Waals surface area contributed by atoms with Crippen LogP contribution in [-0.2, 0) is 20.9 Å². The number of amidine groups is 1. The molecule has 9 heteroatoms. The lowest BCUT2D eigenvalue weighted by molar-refractivity contribution is -0.678. The zero-order valence-corrected chi connectivity index (χ0v) is 15.8. The number of esters is 1. The van der Waals surface area contributed by atoms with Crippen molar-refractivity contribution >= 4 is 29.7 Å². The normalized spacial score (nSPS) is 18.8. The Hall–Kier alpha value is -2.71. The zero-order valence-electron chi connectivity index (χ0n) is 15.8. The quantitative estimate of drug-likeness (QED) is 0.574. The van der Waals surface area contributed by atoms with Gasteiger partial charge in [0.05, 0.1) is 6.61 Å². The molecule has 0 radical (unpaired) electrons. The van der Waals surface area contributed by atoms with Crippen LogP contribution >= 0.6 is 0 Å². The third-order valence-corrected chi connectivity index (χ3v) is 4.87. The van der Waals surface area contributed by atoms with Crippen LogP contribution in [0, 0.1) is 13.8 Å². The molecule has 1 aromatic rings. The SMILES string of the molecule is CCCN1C(=O)C2C(=Nc3n2c(C)c(C)[n+]3CC(=O)OCC)N(C)C1=O. The summed E-state index contributed by atoms with van der Waals surface area (Å²) in [6.07, 6.45) is 0.684. The Balaban J connectivity index is 2.08. The standard InChI is InChI=1S/C17H24N5O4/c1-6-8-20-15(24)13-14(19(5)17(20)25)18-16-21(9-12(23)26-7-2)10(3)11(4)22(13)16/h13H,6-9H2,1-5H3/q+1. The first kappa shape index (κ1) is 18.1. The Morgan fingerprint density at radius 3 is 2.58 bits per heavy atom. The van der Waals surface area contributed by atoms with Gasteiger partial charge in [0.15, 0.2) is 6.54 Å². The minimum atomic E-state index is -0.679. The van der Waals surface area contributed by atoms with Gasteiger partial charge in [-0.3, -0.25) is 14.6 Å². The number of nitrogens with zero attached hydrogens (tertiary/aromatic N) is 5. The minimum absolute atomic E-state index is 0.0108. The minimum Gasteiger partial charge on any atom is -0.464 e. The van der Waals surface area contributed by atoms with Gasteiger partial charge in [-0.15, -0.1) is 0 Å². The highest BCUT2D eigenvalue weighted by Gasteiger charge is 2.54. The summed E-state index contributed by atoms with van der Waals surface area (Å²) >= 11 is 0. The van der Waals surface area contributed by atoms with Gasteiger partial charge in [-0.2, -0.15) is 0 Å². The van der Waals surface area contributed by atoms with Crippen LogP contribution in [0.15, 0.2) is 4.99 Å². The summed E-state index contributed by atoms with van der Waals surface area (Å²) in [5, 5.41) is 0. The van der Waals surface area contributed by atoms with E-state index in [1.807, 2.05) is 20.8 Å². The van der Waals surface area contributed by atoms with E-state index in [2.05, 4.69) is 4.99 Å². The second-order valence-corrected chi connectivity index (χ2v) is 6.44. The van der Waals surface area contributed by atoms with Crippen molar-refractivity contribution in [3.63, 3.8) is 0 Å². The molecule has 0 bridgehead atoms. The molecule has 1 fully saturated rings.